The van der Waals surface area contributed by atoms with Crippen LogP contribution in [0.1, 0.15) is 31.2 Å². The van der Waals surface area contributed by atoms with E-state index in [2.05, 4.69) is 16.6 Å². The molecule has 0 spiro atoms. The monoisotopic (exact) mass is 261 g/mol. The van der Waals surface area contributed by atoms with Crippen molar-refractivity contribution in [2.75, 3.05) is 13.2 Å². The van der Waals surface area contributed by atoms with Crippen LogP contribution in [0.4, 0.5) is 9.59 Å². The van der Waals surface area contributed by atoms with Crippen LogP contribution in [0.5, 0.6) is 0 Å². The van der Waals surface area contributed by atoms with Crippen LogP contribution in [0.25, 0.3) is 0 Å². The molecule has 0 aliphatic carbocycles. The van der Waals surface area contributed by atoms with E-state index in [4.69, 9.17) is 14.6 Å². The summed E-state index contributed by atoms with van der Waals surface area (Å²) >= 11 is 0. The van der Waals surface area contributed by atoms with Crippen LogP contribution in [0.2, 0.25) is 0 Å². The van der Waals surface area contributed by atoms with Crippen LogP contribution in [-0.2, 0) is 9.47 Å². The fourth-order valence-electron chi connectivity index (χ4n) is 1.13. The molecule has 0 saturated carbocycles. The minimum absolute atomic E-state index is 0.0360. The van der Waals surface area contributed by atoms with E-state index in [1.165, 1.54) is 6.08 Å². The molecule has 0 fully saturated rings. The molecule has 18 heavy (non-hydrogen) atoms. The number of ether oxygens (including phenoxy) is 2. The molecule has 2 amide bonds. The molecule has 0 heterocycles. The van der Waals surface area contributed by atoms with Gasteiger partial charge in [0.1, 0.15) is 13.2 Å². The van der Waals surface area contributed by atoms with Crippen molar-refractivity contribution in [1.82, 2.24) is 5.32 Å². The Kier molecular flexibility index (Phi) is 4.79. The van der Waals surface area contributed by atoms with Crippen LogP contribution >= 0.6 is 0 Å². The van der Waals surface area contributed by atoms with Gasteiger partial charge in [0.15, 0.2) is 0 Å². The number of allylic oxidation sites excluding steroid dienone is 1. The standard InChI is InChI=1S/C12H22N2O4/c1-5-6-12(4,7-17-10(13)15)8-18-11(16)14-9(2)3/h5,9H,1,6-8H2,2-4H3,(H2,13,15)(H,14,16)/i4D3. The fourth-order valence-corrected chi connectivity index (χ4v) is 1.13. The van der Waals surface area contributed by atoms with Crippen LogP contribution in [0.15, 0.2) is 12.7 Å². The van der Waals surface area contributed by atoms with Gasteiger partial charge in [-0.05, 0) is 20.3 Å². The maximum Gasteiger partial charge on any atom is 0.407 e. The first-order valence-corrected chi connectivity index (χ1v) is 5.50. The topological polar surface area (TPSA) is 90.7 Å². The molecule has 0 aliphatic rings. The van der Waals surface area contributed by atoms with Crippen LogP contribution < -0.4 is 11.1 Å². The number of hydrogen-bond donors (Lipinski definition) is 2. The third kappa shape index (κ3) is 7.54. The van der Waals surface area contributed by atoms with Crippen LogP contribution in [-0.4, -0.2) is 31.4 Å². The number of alkyl carbamates (subject to hydrolysis) is 1. The molecule has 0 rings (SSSR count). The molecule has 0 saturated heterocycles. The maximum atomic E-state index is 11.5. The molecule has 0 aliphatic heterocycles. The van der Waals surface area contributed by atoms with Gasteiger partial charge in [0, 0.05) is 15.6 Å². The summed E-state index contributed by atoms with van der Waals surface area (Å²) in [6.45, 7) is 3.46. The largest absolute Gasteiger partial charge is 0.449 e. The first kappa shape index (κ1) is 11.4. The third-order valence-electron chi connectivity index (χ3n) is 1.91. The molecule has 0 aromatic heterocycles. The summed E-state index contributed by atoms with van der Waals surface area (Å²) in [4.78, 5) is 22.2. The summed E-state index contributed by atoms with van der Waals surface area (Å²) in [5.74, 6) is 0. The predicted molar refractivity (Wildman–Crippen MR) is 68.1 cm³/mol. The molecule has 0 aromatic carbocycles. The number of hydrogen-bond acceptors (Lipinski definition) is 4. The molecule has 0 bridgehead atoms. The zero-order valence-electron chi connectivity index (χ0n) is 13.7. The smallest absolute Gasteiger partial charge is 0.407 e. The van der Waals surface area contributed by atoms with Gasteiger partial charge in [-0.1, -0.05) is 12.9 Å². The van der Waals surface area contributed by atoms with Crippen LogP contribution in [0.3, 0.4) is 0 Å². The highest BCUT2D eigenvalue weighted by Gasteiger charge is 2.27. The zero-order chi connectivity index (χ0) is 16.7. The second-order valence-electron chi connectivity index (χ2n) is 4.26. The lowest BCUT2D eigenvalue weighted by Crippen LogP contribution is -2.36. The SMILES string of the molecule is [2H]C([2H])([2H])C(CC=C)(COC(N)=O)COC(=O)NC(C)C. The number of amides is 2. The second-order valence-corrected chi connectivity index (χ2v) is 4.26. The Morgan fingerprint density at radius 3 is 2.56 bits per heavy atom. The predicted octanol–water partition coefficient (Wildman–Crippen LogP) is 1.80. The Hall–Kier alpha value is -1.72. The summed E-state index contributed by atoms with van der Waals surface area (Å²) in [5, 5.41) is 2.47. The molecule has 1 unspecified atom stereocenters. The lowest BCUT2D eigenvalue weighted by Gasteiger charge is -2.27. The van der Waals surface area contributed by atoms with Gasteiger partial charge in [-0.3, -0.25) is 0 Å². The van der Waals surface area contributed by atoms with E-state index >= 15 is 0 Å². The highest BCUT2D eigenvalue weighted by Crippen LogP contribution is 2.23. The Bertz CT molecular complexity index is 385. The maximum absolute atomic E-state index is 11.5. The number of nitrogens with two attached hydrogens (primary N) is 1. The summed E-state index contributed by atoms with van der Waals surface area (Å²) in [6.07, 6.45) is -0.521. The van der Waals surface area contributed by atoms with Gasteiger partial charge in [0.2, 0.25) is 0 Å². The molecule has 1 atom stereocenters. The molecule has 104 valence electrons. The van der Waals surface area contributed by atoms with Crippen LogP contribution in [0, 0.1) is 5.41 Å². The van der Waals surface area contributed by atoms with E-state index in [1.54, 1.807) is 13.8 Å². The Morgan fingerprint density at radius 1 is 1.50 bits per heavy atom. The Balaban J connectivity index is 5.04. The van der Waals surface area contributed by atoms with E-state index in [9.17, 15) is 9.59 Å². The summed E-state index contributed by atoms with van der Waals surface area (Å²) < 4.78 is 32.4. The lowest BCUT2D eigenvalue weighted by molar-refractivity contribution is 0.0403. The second kappa shape index (κ2) is 7.58. The van der Waals surface area contributed by atoms with E-state index in [1.807, 2.05) is 0 Å². The number of carbonyl (C=O) groups excluding carboxylic acids is 2. The number of rotatable bonds is 7. The molecular formula is C12H22N2O4. The van der Waals surface area contributed by atoms with E-state index < -0.39 is 37.7 Å². The molecule has 6 heteroatoms. The summed E-state index contributed by atoms with van der Waals surface area (Å²) in [5.41, 5.74) is 3.28. The summed E-state index contributed by atoms with van der Waals surface area (Å²) in [7, 11) is 0. The first-order valence-electron chi connectivity index (χ1n) is 7.00. The fraction of sp³-hybridized carbons (Fsp3) is 0.667. The van der Waals surface area contributed by atoms with Gasteiger partial charge < -0.3 is 20.5 Å². The highest BCUT2D eigenvalue weighted by atomic mass is 16.6. The Morgan fingerprint density at radius 2 is 2.11 bits per heavy atom. The van der Waals surface area contributed by atoms with Crippen molar-refractivity contribution >= 4 is 12.2 Å². The number of nitrogens with one attached hydrogen (secondary N) is 1. The van der Waals surface area contributed by atoms with Crippen molar-refractivity contribution in [3.05, 3.63) is 12.7 Å². The van der Waals surface area contributed by atoms with Crippen molar-refractivity contribution in [3.8, 4) is 0 Å². The number of carbonyl (C=O) groups is 2. The quantitative estimate of drug-likeness (QED) is 0.684. The van der Waals surface area contributed by atoms with Crippen molar-refractivity contribution in [2.24, 2.45) is 11.1 Å². The molecule has 3 N–H and O–H groups in total. The normalized spacial score (nSPS) is 16.7. The van der Waals surface area contributed by atoms with Gasteiger partial charge in [-0.25, -0.2) is 9.59 Å². The van der Waals surface area contributed by atoms with Crippen molar-refractivity contribution < 1.29 is 23.2 Å². The minimum Gasteiger partial charge on any atom is -0.449 e. The first-order chi connectivity index (χ1) is 9.54. The van der Waals surface area contributed by atoms with Crippen molar-refractivity contribution in [1.29, 1.82) is 0 Å². The number of primary amides is 1. The minimum atomic E-state index is -2.53. The zero-order valence-corrected chi connectivity index (χ0v) is 10.7. The van der Waals surface area contributed by atoms with Gasteiger partial charge in [0.25, 0.3) is 0 Å². The Labute approximate surface area is 112 Å². The van der Waals surface area contributed by atoms with Gasteiger partial charge >= 0.3 is 12.2 Å². The molecule has 0 radical (unpaired) electrons. The highest BCUT2D eigenvalue weighted by molar-refractivity contribution is 5.67. The molecular weight excluding hydrogens is 236 g/mol. The van der Waals surface area contributed by atoms with Gasteiger partial charge in [-0.2, -0.15) is 0 Å². The van der Waals surface area contributed by atoms with Gasteiger partial charge in [-0.15, -0.1) is 6.58 Å². The van der Waals surface area contributed by atoms with Crippen molar-refractivity contribution in [3.63, 3.8) is 0 Å². The van der Waals surface area contributed by atoms with E-state index in [0.717, 1.165) is 0 Å². The molecule has 0 aromatic rings. The van der Waals surface area contributed by atoms with Gasteiger partial charge in [0.05, 0.1) is 0 Å². The average Bonchev–Trinajstić information content (AvgIpc) is 2.30. The van der Waals surface area contributed by atoms with E-state index in [-0.39, 0.29) is 12.5 Å². The molecule has 6 nitrogen and oxygen atoms in total. The average molecular weight is 261 g/mol. The third-order valence-corrected chi connectivity index (χ3v) is 1.91. The lowest BCUT2D eigenvalue weighted by atomic mass is 9.89. The van der Waals surface area contributed by atoms with E-state index in [0.29, 0.717) is 0 Å². The van der Waals surface area contributed by atoms with Crippen molar-refractivity contribution in [2.45, 2.75) is 33.2 Å². The summed E-state index contributed by atoms with van der Waals surface area (Å²) in [6, 6.07) is -0.152.